The lowest BCUT2D eigenvalue weighted by molar-refractivity contribution is -0.136. The second-order valence-electron chi connectivity index (χ2n) is 6.18. The van der Waals surface area contributed by atoms with Crippen molar-refractivity contribution < 1.29 is 4.79 Å². The predicted molar refractivity (Wildman–Crippen MR) is 74.4 cm³/mol. The number of nitrogens with one attached hydrogen (secondary N) is 1. The quantitative estimate of drug-likeness (QED) is 0.832. The van der Waals surface area contributed by atoms with Crippen LogP contribution < -0.4 is 5.32 Å². The van der Waals surface area contributed by atoms with Gasteiger partial charge in [0.15, 0.2) is 0 Å². The first-order chi connectivity index (χ1) is 8.72. The van der Waals surface area contributed by atoms with Crippen molar-refractivity contribution in [1.82, 2.24) is 10.2 Å². The number of fused-ring (bicyclic) bond motifs is 1. The first-order valence-electron chi connectivity index (χ1n) is 7.62. The highest BCUT2D eigenvalue weighted by molar-refractivity contribution is 5.78. The number of hydrogen-bond acceptors (Lipinski definition) is 2. The largest absolute Gasteiger partial charge is 0.344 e. The van der Waals surface area contributed by atoms with E-state index in [1.807, 2.05) is 19.0 Å². The molecule has 0 aromatic rings. The van der Waals surface area contributed by atoms with Crippen LogP contribution in [0.3, 0.4) is 0 Å². The Hall–Kier alpha value is -0.570. The summed E-state index contributed by atoms with van der Waals surface area (Å²) in [7, 11) is 3.89. The lowest BCUT2D eigenvalue weighted by Gasteiger charge is -2.39. The fourth-order valence-electron chi connectivity index (χ4n) is 3.80. The minimum Gasteiger partial charge on any atom is -0.344 e. The topological polar surface area (TPSA) is 32.3 Å². The third-order valence-corrected chi connectivity index (χ3v) is 4.96. The Bertz CT molecular complexity index is 280. The van der Waals surface area contributed by atoms with Crippen molar-refractivity contribution in [2.24, 2.45) is 17.8 Å². The predicted octanol–water partition coefficient (Wildman–Crippen LogP) is 2.27. The Morgan fingerprint density at radius 1 is 1.17 bits per heavy atom. The number of nitrogens with zero attached hydrogens (tertiary/aromatic N) is 1. The highest BCUT2D eigenvalue weighted by atomic mass is 16.2. The van der Waals surface area contributed by atoms with E-state index >= 15 is 0 Å². The molecule has 104 valence electrons. The number of hydrogen-bond donors (Lipinski definition) is 1. The normalized spacial score (nSPS) is 31.8. The average Bonchev–Trinajstić information content (AvgIpc) is 2.43. The summed E-state index contributed by atoms with van der Waals surface area (Å²) in [6.07, 6.45) is 9.17. The molecule has 2 aliphatic rings. The van der Waals surface area contributed by atoms with Crippen LogP contribution in [0.5, 0.6) is 0 Å². The molecule has 2 saturated carbocycles. The van der Waals surface area contributed by atoms with Crippen LogP contribution in [0, 0.1) is 17.8 Å². The van der Waals surface area contributed by atoms with Gasteiger partial charge in [0.25, 0.3) is 0 Å². The molecule has 2 aliphatic carbocycles. The summed E-state index contributed by atoms with van der Waals surface area (Å²) in [5, 5.41) is 3.11. The Morgan fingerprint density at radius 3 is 2.61 bits per heavy atom. The second kappa shape index (κ2) is 6.55. The minimum atomic E-state index is 0.311. The Labute approximate surface area is 111 Å². The first-order valence-corrected chi connectivity index (χ1v) is 7.62. The monoisotopic (exact) mass is 252 g/mol. The molecule has 0 saturated heterocycles. The number of likely N-dealkylation sites (N-methyl/N-ethyl adjacent to an activating group) is 2. The highest BCUT2D eigenvalue weighted by Crippen LogP contribution is 2.42. The number of rotatable bonds is 4. The molecule has 0 radical (unpaired) electrons. The first kappa shape index (κ1) is 13.9. The van der Waals surface area contributed by atoms with E-state index in [1.54, 1.807) is 0 Å². The van der Waals surface area contributed by atoms with Crippen molar-refractivity contribution >= 4 is 5.91 Å². The van der Waals surface area contributed by atoms with Crippen LogP contribution >= 0.6 is 0 Å². The van der Waals surface area contributed by atoms with Gasteiger partial charge in [-0.15, -0.1) is 0 Å². The van der Waals surface area contributed by atoms with Gasteiger partial charge in [0, 0.05) is 26.1 Å². The maximum absolute atomic E-state index is 12.4. The van der Waals surface area contributed by atoms with Gasteiger partial charge in [-0.25, -0.2) is 0 Å². The fraction of sp³-hybridized carbons (Fsp3) is 0.933. The van der Waals surface area contributed by atoms with E-state index in [0.717, 1.165) is 37.8 Å². The van der Waals surface area contributed by atoms with Gasteiger partial charge in [0.1, 0.15) is 0 Å². The van der Waals surface area contributed by atoms with Gasteiger partial charge in [-0.05, 0) is 38.1 Å². The average molecular weight is 252 g/mol. The van der Waals surface area contributed by atoms with Gasteiger partial charge in [-0.3, -0.25) is 4.79 Å². The van der Waals surface area contributed by atoms with E-state index in [4.69, 9.17) is 0 Å². The van der Waals surface area contributed by atoms with Crippen LogP contribution in [0.15, 0.2) is 0 Å². The van der Waals surface area contributed by atoms with Crippen LogP contribution in [0.1, 0.15) is 44.9 Å². The van der Waals surface area contributed by atoms with Gasteiger partial charge >= 0.3 is 0 Å². The number of carbonyl (C=O) groups excluding carboxylic acids is 1. The van der Waals surface area contributed by atoms with Crippen LogP contribution in [0.25, 0.3) is 0 Å². The molecule has 3 atom stereocenters. The van der Waals surface area contributed by atoms with Crippen molar-refractivity contribution in [3.63, 3.8) is 0 Å². The maximum Gasteiger partial charge on any atom is 0.225 e. The van der Waals surface area contributed by atoms with E-state index in [2.05, 4.69) is 5.32 Å². The van der Waals surface area contributed by atoms with Gasteiger partial charge in [0.2, 0.25) is 5.91 Å². The number of amides is 1. The van der Waals surface area contributed by atoms with Gasteiger partial charge in [-0.1, -0.05) is 25.7 Å². The fourth-order valence-corrected chi connectivity index (χ4v) is 3.80. The molecule has 0 heterocycles. The SMILES string of the molecule is CNCCN(C)C(=O)C1CCC2CCCCC2C1. The lowest BCUT2D eigenvalue weighted by Crippen LogP contribution is -2.40. The Morgan fingerprint density at radius 2 is 1.89 bits per heavy atom. The summed E-state index contributed by atoms with van der Waals surface area (Å²) < 4.78 is 0. The summed E-state index contributed by atoms with van der Waals surface area (Å²) in [6, 6.07) is 0. The maximum atomic E-state index is 12.4. The Balaban J connectivity index is 1.84. The van der Waals surface area contributed by atoms with Crippen molar-refractivity contribution in [1.29, 1.82) is 0 Å². The molecule has 1 N–H and O–H groups in total. The second-order valence-corrected chi connectivity index (χ2v) is 6.18. The molecule has 3 nitrogen and oxygen atoms in total. The minimum absolute atomic E-state index is 0.311. The molecule has 3 heteroatoms. The third kappa shape index (κ3) is 3.25. The van der Waals surface area contributed by atoms with E-state index in [0.29, 0.717) is 11.8 Å². The Kier molecular flexibility index (Phi) is 5.04. The molecule has 0 bridgehead atoms. The zero-order valence-corrected chi connectivity index (χ0v) is 12.0. The van der Waals surface area contributed by atoms with Gasteiger partial charge in [0.05, 0.1) is 0 Å². The molecule has 0 spiro atoms. The van der Waals surface area contributed by atoms with E-state index < -0.39 is 0 Å². The molecular formula is C15H28N2O. The standard InChI is InChI=1S/C15H28N2O/c1-16-9-10-17(2)15(18)14-8-7-12-5-3-4-6-13(12)11-14/h12-14,16H,3-11H2,1-2H3. The van der Waals surface area contributed by atoms with E-state index in [1.165, 1.54) is 32.1 Å². The van der Waals surface area contributed by atoms with Gasteiger partial charge in [-0.2, -0.15) is 0 Å². The summed E-state index contributed by atoms with van der Waals surface area (Å²) in [5.41, 5.74) is 0. The lowest BCUT2D eigenvalue weighted by atomic mass is 9.67. The van der Waals surface area contributed by atoms with Crippen LogP contribution in [0.4, 0.5) is 0 Å². The highest BCUT2D eigenvalue weighted by Gasteiger charge is 2.35. The van der Waals surface area contributed by atoms with Crippen molar-refractivity contribution in [3.05, 3.63) is 0 Å². The molecule has 0 aromatic carbocycles. The van der Waals surface area contributed by atoms with Crippen molar-refractivity contribution in [2.45, 2.75) is 44.9 Å². The van der Waals surface area contributed by atoms with Crippen molar-refractivity contribution in [2.75, 3.05) is 27.2 Å². The van der Waals surface area contributed by atoms with Crippen LogP contribution in [-0.2, 0) is 4.79 Å². The summed E-state index contributed by atoms with van der Waals surface area (Å²) in [5.74, 6) is 2.48. The van der Waals surface area contributed by atoms with Crippen LogP contribution in [-0.4, -0.2) is 38.0 Å². The molecule has 2 rings (SSSR count). The third-order valence-electron chi connectivity index (χ3n) is 4.96. The smallest absolute Gasteiger partial charge is 0.225 e. The zero-order chi connectivity index (χ0) is 13.0. The van der Waals surface area contributed by atoms with E-state index in [9.17, 15) is 4.79 Å². The van der Waals surface area contributed by atoms with Gasteiger partial charge < -0.3 is 10.2 Å². The number of carbonyl (C=O) groups is 1. The van der Waals surface area contributed by atoms with Crippen LogP contribution in [0.2, 0.25) is 0 Å². The molecule has 1 amide bonds. The summed E-state index contributed by atoms with van der Waals surface area (Å²) in [6.45, 7) is 1.72. The molecule has 0 aromatic heterocycles. The molecule has 0 aliphatic heterocycles. The molecule has 3 unspecified atom stereocenters. The molecule has 18 heavy (non-hydrogen) atoms. The zero-order valence-electron chi connectivity index (χ0n) is 12.0. The summed E-state index contributed by atoms with van der Waals surface area (Å²) >= 11 is 0. The molecule has 2 fully saturated rings. The summed E-state index contributed by atoms with van der Waals surface area (Å²) in [4.78, 5) is 14.3. The van der Waals surface area contributed by atoms with E-state index in [-0.39, 0.29) is 0 Å². The molecular weight excluding hydrogens is 224 g/mol. The van der Waals surface area contributed by atoms with Crippen molar-refractivity contribution in [3.8, 4) is 0 Å².